The van der Waals surface area contributed by atoms with Crippen LogP contribution in [0.2, 0.25) is 5.02 Å². The van der Waals surface area contributed by atoms with Gasteiger partial charge in [-0.3, -0.25) is 0 Å². The molecular formula is C25H41ClN4O4. The molecule has 2 atom stereocenters. The van der Waals surface area contributed by atoms with Gasteiger partial charge >= 0.3 is 12.1 Å². The number of ether oxygens (including phenoxy) is 1. The predicted molar refractivity (Wildman–Crippen MR) is 135 cm³/mol. The zero-order chi connectivity index (χ0) is 24.9. The van der Waals surface area contributed by atoms with E-state index in [9.17, 15) is 9.59 Å². The molecule has 9 heteroatoms. The van der Waals surface area contributed by atoms with Crippen molar-refractivity contribution < 1.29 is 19.4 Å². The molecule has 2 rings (SSSR count). The van der Waals surface area contributed by atoms with E-state index < -0.39 is 6.09 Å². The Bertz CT molecular complexity index is 760. The summed E-state index contributed by atoms with van der Waals surface area (Å²) in [6, 6.07) is 7.46. The average molecular weight is 497 g/mol. The Balaban J connectivity index is 1.91. The maximum atomic E-state index is 12.9. The van der Waals surface area contributed by atoms with E-state index in [-0.39, 0.29) is 31.3 Å². The van der Waals surface area contributed by atoms with Crippen LogP contribution in [0.25, 0.3) is 0 Å². The number of carbonyl (C=O) groups is 2. The number of rotatable bonds is 13. The van der Waals surface area contributed by atoms with Crippen molar-refractivity contribution in [2.75, 3.05) is 47.4 Å². The number of halogens is 1. The molecule has 3 amide bonds. The van der Waals surface area contributed by atoms with E-state index >= 15 is 0 Å². The first-order valence-corrected chi connectivity index (χ1v) is 12.6. The van der Waals surface area contributed by atoms with E-state index in [1.165, 1.54) is 44.1 Å². The van der Waals surface area contributed by atoms with Gasteiger partial charge in [-0.2, -0.15) is 0 Å². The smallest absolute Gasteiger partial charge is 0.407 e. The Kier molecular flexibility index (Phi) is 12.5. The number of hydrogen-bond acceptors (Lipinski definition) is 4. The van der Waals surface area contributed by atoms with Crippen molar-refractivity contribution in [2.24, 2.45) is 5.92 Å². The van der Waals surface area contributed by atoms with Gasteiger partial charge in [0.15, 0.2) is 0 Å². The molecule has 8 nitrogen and oxygen atoms in total. The highest BCUT2D eigenvalue weighted by Gasteiger charge is 2.22. The number of nitrogens with zero attached hydrogens (tertiary/aromatic N) is 2. The van der Waals surface area contributed by atoms with E-state index in [2.05, 4.69) is 10.6 Å². The SMILES string of the molecule is CNC[C@H](CC1CCCCC1)NC(=O)N(C)CC[C@@H](OCCN(C)C(=O)O)c1cccc(Cl)c1. The van der Waals surface area contributed by atoms with Gasteiger partial charge in [0.25, 0.3) is 0 Å². The molecule has 1 fully saturated rings. The zero-order valence-corrected chi connectivity index (χ0v) is 21.5. The topological polar surface area (TPSA) is 94.1 Å². The first-order valence-electron chi connectivity index (χ1n) is 12.3. The Hall–Kier alpha value is -2.03. The summed E-state index contributed by atoms with van der Waals surface area (Å²) in [5.74, 6) is 0.683. The van der Waals surface area contributed by atoms with Crippen molar-refractivity contribution in [1.29, 1.82) is 0 Å². The van der Waals surface area contributed by atoms with Crippen LogP contribution in [0.3, 0.4) is 0 Å². The molecule has 1 aromatic carbocycles. The Morgan fingerprint density at radius 3 is 2.56 bits per heavy atom. The number of likely N-dealkylation sites (N-methyl/N-ethyl adjacent to an activating group) is 2. The van der Waals surface area contributed by atoms with Gasteiger partial charge in [0.05, 0.1) is 12.7 Å². The molecule has 0 bridgehead atoms. The quantitative estimate of drug-likeness (QED) is 0.371. The number of hydrogen-bond donors (Lipinski definition) is 3. The van der Waals surface area contributed by atoms with Gasteiger partial charge in [0.2, 0.25) is 0 Å². The Labute approximate surface area is 209 Å². The number of urea groups is 1. The minimum absolute atomic E-state index is 0.0912. The van der Waals surface area contributed by atoms with Gasteiger partial charge in [0, 0.05) is 44.8 Å². The summed E-state index contributed by atoms with van der Waals surface area (Å²) < 4.78 is 6.02. The van der Waals surface area contributed by atoms with Gasteiger partial charge in [-0.1, -0.05) is 55.8 Å². The molecule has 1 aliphatic rings. The molecule has 1 aliphatic carbocycles. The molecule has 1 saturated carbocycles. The lowest BCUT2D eigenvalue weighted by molar-refractivity contribution is 0.0318. The van der Waals surface area contributed by atoms with Gasteiger partial charge in [-0.15, -0.1) is 0 Å². The van der Waals surface area contributed by atoms with Crippen LogP contribution in [-0.2, 0) is 4.74 Å². The third-order valence-electron chi connectivity index (χ3n) is 6.49. The van der Waals surface area contributed by atoms with Crippen molar-refractivity contribution in [1.82, 2.24) is 20.4 Å². The summed E-state index contributed by atoms with van der Waals surface area (Å²) in [6.07, 6.45) is 6.69. The van der Waals surface area contributed by atoms with Gasteiger partial charge < -0.3 is 30.3 Å². The number of amides is 3. The molecule has 0 unspecified atom stereocenters. The molecule has 0 heterocycles. The molecule has 0 spiro atoms. The highest BCUT2D eigenvalue weighted by molar-refractivity contribution is 6.30. The first kappa shape index (κ1) is 28.2. The molecule has 0 radical (unpaired) electrons. The summed E-state index contributed by atoms with van der Waals surface area (Å²) in [7, 11) is 5.21. The van der Waals surface area contributed by atoms with Crippen LogP contribution < -0.4 is 10.6 Å². The van der Waals surface area contributed by atoms with Crippen molar-refractivity contribution in [2.45, 2.75) is 57.1 Å². The molecule has 1 aromatic rings. The summed E-state index contributed by atoms with van der Waals surface area (Å²) in [5.41, 5.74) is 0.907. The van der Waals surface area contributed by atoms with Crippen molar-refractivity contribution in [3.63, 3.8) is 0 Å². The van der Waals surface area contributed by atoms with Crippen LogP contribution in [0, 0.1) is 5.92 Å². The third-order valence-corrected chi connectivity index (χ3v) is 6.72. The molecule has 0 aliphatic heterocycles. The van der Waals surface area contributed by atoms with E-state index in [0.29, 0.717) is 23.9 Å². The maximum absolute atomic E-state index is 12.9. The van der Waals surface area contributed by atoms with Crippen molar-refractivity contribution in [3.8, 4) is 0 Å². The van der Waals surface area contributed by atoms with E-state index in [4.69, 9.17) is 21.4 Å². The van der Waals surface area contributed by atoms with Gasteiger partial charge in [-0.25, -0.2) is 9.59 Å². The average Bonchev–Trinajstić information content (AvgIpc) is 2.81. The Morgan fingerprint density at radius 2 is 1.91 bits per heavy atom. The molecule has 34 heavy (non-hydrogen) atoms. The molecule has 0 saturated heterocycles. The Morgan fingerprint density at radius 1 is 1.18 bits per heavy atom. The van der Waals surface area contributed by atoms with Crippen molar-refractivity contribution in [3.05, 3.63) is 34.9 Å². The number of benzene rings is 1. The highest BCUT2D eigenvalue weighted by atomic mass is 35.5. The lowest BCUT2D eigenvalue weighted by atomic mass is 9.85. The minimum Gasteiger partial charge on any atom is -0.465 e. The summed E-state index contributed by atoms with van der Waals surface area (Å²) in [4.78, 5) is 26.8. The second kappa shape index (κ2) is 15.1. The first-order chi connectivity index (χ1) is 16.3. The predicted octanol–water partition coefficient (Wildman–Crippen LogP) is 4.60. The van der Waals surface area contributed by atoms with E-state index in [1.54, 1.807) is 18.0 Å². The van der Waals surface area contributed by atoms with E-state index in [1.807, 2.05) is 25.2 Å². The largest absolute Gasteiger partial charge is 0.465 e. The van der Waals surface area contributed by atoms with E-state index in [0.717, 1.165) is 18.5 Å². The number of nitrogens with one attached hydrogen (secondary N) is 2. The monoisotopic (exact) mass is 496 g/mol. The second-order valence-corrected chi connectivity index (χ2v) is 9.71. The van der Waals surface area contributed by atoms with Crippen LogP contribution in [0.15, 0.2) is 24.3 Å². The summed E-state index contributed by atoms with van der Waals surface area (Å²) >= 11 is 6.17. The fourth-order valence-corrected chi connectivity index (χ4v) is 4.64. The number of carboxylic acid groups (broad SMARTS) is 1. The van der Waals surface area contributed by atoms with Crippen LogP contribution in [0.4, 0.5) is 9.59 Å². The van der Waals surface area contributed by atoms with Crippen molar-refractivity contribution >= 4 is 23.7 Å². The third kappa shape index (κ3) is 10.1. The fraction of sp³-hybridized carbons (Fsp3) is 0.680. The molecule has 0 aromatic heterocycles. The zero-order valence-electron chi connectivity index (χ0n) is 20.8. The molecule has 192 valence electrons. The lowest BCUT2D eigenvalue weighted by Gasteiger charge is -2.29. The number of carbonyl (C=O) groups excluding carboxylic acids is 1. The van der Waals surface area contributed by atoms with Crippen LogP contribution in [0.5, 0.6) is 0 Å². The van der Waals surface area contributed by atoms with Crippen LogP contribution >= 0.6 is 11.6 Å². The standard InChI is InChI=1S/C25H41ClN4O4/c1-27-18-22(16-19-8-5-4-6-9-19)28-24(31)29(2)13-12-23(20-10-7-11-21(26)17-20)34-15-14-30(3)25(32)33/h7,10-11,17,19,22-23,27H,4-6,8-9,12-16,18H2,1-3H3,(H,28,31)(H,32,33)/t22-,23+/m0/s1. The normalized spacial score (nSPS) is 16.0. The van der Waals surface area contributed by atoms with Gasteiger partial charge in [-0.05, 0) is 43.5 Å². The maximum Gasteiger partial charge on any atom is 0.407 e. The molecule has 3 N–H and O–H groups in total. The van der Waals surface area contributed by atoms with Crippen LogP contribution in [0.1, 0.15) is 56.6 Å². The fourth-order valence-electron chi connectivity index (χ4n) is 4.44. The summed E-state index contributed by atoms with van der Waals surface area (Å²) in [5, 5.41) is 16.1. The lowest BCUT2D eigenvalue weighted by Crippen LogP contribution is -2.48. The highest BCUT2D eigenvalue weighted by Crippen LogP contribution is 2.27. The van der Waals surface area contributed by atoms with Gasteiger partial charge in [0.1, 0.15) is 0 Å². The molecular weight excluding hydrogens is 456 g/mol. The second-order valence-electron chi connectivity index (χ2n) is 9.27. The summed E-state index contributed by atoms with van der Waals surface area (Å²) in [6.45, 7) is 1.76. The van der Waals surface area contributed by atoms with Crippen LogP contribution in [-0.4, -0.2) is 80.5 Å². The minimum atomic E-state index is -0.997.